The Labute approximate surface area is 143 Å². The highest BCUT2D eigenvalue weighted by molar-refractivity contribution is 5.95. The fourth-order valence-electron chi connectivity index (χ4n) is 2.59. The predicted octanol–water partition coefficient (Wildman–Crippen LogP) is 3.62. The van der Waals surface area contributed by atoms with Crippen LogP contribution in [0.5, 0.6) is 5.88 Å². The largest absolute Gasteiger partial charge is 0.470 e. The molecule has 7 heteroatoms. The first-order valence-corrected chi connectivity index (χ1v) is 7.81. The highest BCUT2D eigenvalue weighted by Gasteiger charge is 2.38. The standard InChI is InChI=1S/C18H17F3N2O2/c1-11-5-6-13(8-12(11)2)17(24)23-9-14(10-23)25-16-15(18(19,20)21)4-3-7-22-16/h3-8,14H,9-10H2,1-2H3. The molecule has 0 atom stereocenters. The minimum absolute atomic E-state index is 0.153. The Morgan fingerprint density at radius 2 is 1.92 bits per heavy atom. The van der Waals surface area contributed by atoms with Crippen LogP contribution in [0.3, 0.4) is 0 Å². The smallest absolute Gasteiger partial charge is 0.421 e. The number of benzene rings is 1. The molecule has 0 unspecified atom stereocenters. The van der Waals surface area contributed by atoms with E-state index in [0.29, 0.717) is 5.56 Å². The Balaban J connectivity index is 1.64. The number of hydrogen-bond donors (Lipinski definition) is 0. The lowest BCUT2D eigenvalue weighted by molar-refractivity contribution is -0.140. The van der Waals surface area contributed by atoms with Crippen molar-refractivity contribution >= 4 is 5.91 Å². The molecule has 0 radical (unpaired) electrons. The molecule has 2 heterocycles. The minimum atomic E-state index is -4.53. The third kappa shape index (κ3) is 3.60. The molecular formula is C18H17F3N2O2. The monoisotopic (exact) mass is 350 g/mol. The van der Waals surface area contributed by atoms with Crippen molar-refractivity contribution in [1.29, 1.82) is 0 Å². The van der Waals surface area contributed by atoms with E-state index in [-0.39, 0.29) is 19.0 Å². The maximum Gasteiger partial charge on any atom is 0.421 e. The molecule has 1 aliphatic heterocycles. The Morgan fingerprint density at radius 3 is 2.56 bits per heavy atom. The maximum absolute atomic E-state index is 12.9. The number of nitrogens with zero attached hydrogens (tertiary/aromatic N) is 2. The Bertz CT molecular complexity index is 799. The number of amides is 1. The van der Waals surface area contributed by atoms with Crippen molar-refractivity contribution in [3.63, 3.8) is 0 Å². The van der Waals surface area contributed by atoms with Gasteiger partial charge in [0.2, 0.25) is 5.88 Å². The fraction of sp³-hybridized carbons (Fsp3) is 0.333. The number of aryl methyl sites for hydroxylation is 2. The van der Waals surface area contributed by atoms with Crippen molar-refractivity contribution in [2.45, 2.75) is 26.1 Å². The van der Waals surface area contributed by atoms with Crippen LogP contribution in [0.2, 0.25) is 0 Å². The molecule has 1 aromatic carbocycles. The Hall–Kier alpha value is -2.57. The van der Waals surface area contributed by atoms with Crippen LogP contribution >= 0.6 is 0 Å². The third-order valence-corrected chi connectivity index (χ3v) is 4.24. The summed E-state index contributed by atoms with van der Waals surface area (Å²) in [6, 6.07) is 7.58. The zero-order valence-corrected chi connectivity index (χ0v) is 13.8. The number of carbonyl (C=O) groups is 1. The Kier molecular flexibility index (Phi) is 4.41. The summed E-state index contributed by atoms with van der Waals surface area (Å²) in [5.41, 5.74) is 1.77. The van der Waals surface area contributed by atoms with Gasteiger partial charge in [-0.15, -0.1) is 0 Å². The van der Waals surface area contributed by atoms with E-state index in [1.54, 1.807) is 11.0 Å². The van der Waals surface area contributed by atoms with Crippen molar-refractivity contribution in [2.24, 2.45) is 0 Å². The summed E-state index contributed by atoms with van der Waals surface area (Å²) >= 11 is 0. The first-order chi connectivity index (χ1) is 11.8. The van der Waals surface area contributed by atoms with E-state index >= 15 is 0 Å². The normalized spacial score (nSPS) is 15.0. The molecule has 1 aliphatic rings. The molecule has 25 heavy (non-hydrogen) atoms. The van der Waals surface area contributed by atoms with Gasteiger partial charge in [-0.25, -0.2) is 4.98 Å². The predicted molar refractivity (Wildman–Crippen MR) is 85.5 cm³/mol. The summed E-state index contributed by atoms with van der Waals surface area (Å²) in [7, 11) is 0. The van der Waals surface area contributed by atoms with E-state index in [2.05, 4.69) is 4.98 Å². The van der Waals surface area contributed by atoms with Gasteiger partial charge in [-0.1, -0.05) is 6.07 Å². The number of halogens is 3. The quantitative estimate of drug-likeness (QED) is 0.849. The SMILES string of the molecule is Cc1ccc(C(=O)N2CC(Oc3ncccc3C(F)(F)F)C2)cc1C. The van der Waals surface area contributed by atoms with Crippen LogP contribution in [0, 0.1) is 13.8 Å². The van der Waals surface area contributed by atoms with Crippen molar-refractivity contribution in [2.75, 3.05) is 13.1 Å². The lowest BCUT2D eigenvalue weighted by Gasteiger charge is -2.39. The van der Waals surface area contributed by atoms with Crippen molar-refractivity contribution in [3.8, 4) is 5.88 Å². The van der Waals surface area contributed by atoms with E-state index in [4.69, 9.17) is 4.74 Å². The minimum Gasteiger partial charge on any atom is -0.470 e. The second-order valence-electron chi connectivity index (χ2n) is 6.10. The average Bonchev–Trinajstić information content (AvgIpc) is 2.52. The van der Waals surface area contributed by atoms with E-state index in [1.807, 2.05) is 26.0 Å². The van der Waals surface area contributed by atoms with Crippen molar-refractivity contribution in [3.05, 3.63) is 58.8 Å². The van der Waals surface area contributed by atoms with Gasteiger partial charge in [-0.2, -0.15) is 13.2 Å². The molecule has 1 saturated heterocycles. The van der Waals surface area contributed by atoms with Crippen LogP contribution < -0.4 is 4.74 Å². The molecule has 1 fully saturated rings. The van der Waals surface area contributed by atoms with Gasteiger partial charge in [-0.3, -0.25) is 4.79 Å². The van der Waals surface area contributed by atoms with Crippen molar-refractivity contribution in [1.82, 2.24) is 9.88 Å². The summed E-state index contributed by atoms with van der Waals surface area (Å²) in [6.45, 7) is 4.36. The molecule has 0 N–H and O–H groups in total. The number of alkyl halides is 3. The summed E-state index contributed by atoms with van der Waals surface area (Å²) in [5.74, 6) is -0.599. The lowest BCUT2D eigenvalue weighted by atomic mass is 10.0. The van der Waals surface area contributed by atoms with Gasteiger partial charge in [0.05, 0.1) is 13.1 Å². The topological polar surface area (TPSA) is 42.4 Å². The number of likely N-dealkylation sites (tertiary alicyclic amines) is 1. The van der Waals surface area contributed by atoms with Gasteiger partial charge < -0.3 is 9.64 Å². The molecular weight excluding hydrogens is 333 g/mol. The van der Waals surface area contributed by atoms with E-state index in [1.165, 1.54) is 12.3 Å². The maximum atomic E-state index is 12.9. The molecule has 1 aromatic heterocycles. The third-order valence-electron chi connectivity index (χ3n) is 4.24. The molecule has 0 aliphatic carbocycles. The zero-order valence-electron chi connectivity index (χ0n) is 13.8. The van der Waals surface area contributed by atoms with Gasteiger partial charge in [-0.05, 0) is 49.2 Å². The van der Waals surface area contributed by atoms with Crippen LogP contribution in [0.4, 0.5) is 13.2 Å². The highest BCUT2D eigenvalue weighted by Crippen LogP contribution is 2.35. The number of pyridine rings is 1. The van der Waals surface area contributed by atoms with Crippen LogP contribution in [0.25, 0.3) is 0 Å². The van der Waals surface area contributed by atoms with Crippen LogP contribution in [0.1, 0.15) is 27.0 Å². The summed E-state index contributed by atoms with van der Waals surface area (Å²) in [4.78, 5) is 17.6. The van der Waals surface area contributed by atoms with Crippen LogP contribution in [-0.4, -0.2) is 35.0 Å². The molecule has 0 spiro atoms. The number of hydrogen-bond acceptors (Lipinski definition) is 3. The molecule has 2 aromatic rings. The summed E-state index contributed by atoms with van der Waals surface area (Å²) in [6.07, 6.45) is -3.77. The van der Waals surface area contributed by atoms with E-state index in [0.717, 1.165) is 17.2 Å². The van der Waals surface area contributed by atoms with Gasteiger partial charge in [0, 0.05) is 11.8 Å². The Morgan fingerprint density at radius 1 is 1.20 bits per heavy atom. The van der Waals surface area contributed by atoms with Crippen LogP contribution in [0.15, 0.2) is 36.5 Å². The summed E-state index contributed by atoms with van der Waals surface area (Å²) in [5, 5.41) is 0. The summed E-state index contributed by atoms with van der Waals surface area (Å²) < 4.78 is 44.1. The lowest BCUT2D eigenvalue weighted by Crippen LogP contribution is -2.56. The molecule has 132 valence electrons. The number of rotatable bonds is 3. The molecule has 0 bridgehead atoms. The number of aromatic nitrogens is 1. The first-order valence-electron chi connectivity index (χ1n) is 7.81. The molecule has 1 amide bonds. The molecule has 3 rings (SSSR count). The average molecular weight is 350 g/mol. The second-order valence-corrected chi connectivity index (χ2v) is 6.10. The van der Waals surface area contributed by atoms with E-state index in [9.17, 15) is 18.0 Å². The van der Waals surface area contributed by atoms with Crippen LogP contribution in [-0.2, 0) is 6.18 Å². The van der Waals surface area contributed by atoms with Gasteiger partial charge in [0.15, 0.2) is 0 Å². The second kappa shape index (κ2) is 6.38. The fourth-order valence-corrected chi connectivity index (χ4v) is 2.59. The van der Waals surface area contributed by atoms with Gasteiger partial charge >= 0.3 is 6.18 Å². The number of carbonyl (C=O) groups excluding carboxylic acids is 1. The zero-order chi connectivity index (χ0) is 18.2. The highest BCUT2D eigenvalue weighted by atomic mass is 19.4. The van der Waals surface area contributed by atoms with E-state index < -0.39 is 23.7 Å². The van der Waals surface area contributed by atoms with Crippen molar-refractivity contribution < 1.29 is 22.7 Å². The molecule has 0 saturated carbocycles. The number of ether oxygens (including phenoxy) is 1. The van der Waals surface area contributed by atoms with Gasteiger partial charge in [0.1, 0.15) is 11.7 Å². The molecule has 4 nitrogen and oxygen atoms in total. The first kappa shape index (κ1) is 17.3. The van der Waals surface area contributed by atoms with Gasteiger partial charge in [0.25, 0.3) is 5.91 Å².